The SMILES string of the molecule is Cc1nc(CNC(C)c2ccc(Cl)cc2Cl)sc1C. The van der Waals surface area contributed by atoms with Gasteiger partial charge in [0.25, 0.3) is 0 Å². The van der Waals surface area contributed by atoms with Gasteiger partial charge in [-0.25, -0.2) is 4.98 Å². The second-order valence-corrected chi connectivity index (χ2v) is 6.65. The van der Waals surface area contributed by atoms with Gasteiger partial charge in [0, 0.05) is 27.5 Å². The average molecular weight is 315 g/mol. The van der Waals surface area contributed by atoms with Crippen LogP contribution in [0.4, 0.5) is 0 Å². The maximum atomic E-state index is 6.20. The highest BCUT2D eigenvalue weighted by molar-refractivity contribution is 7.11. The largest absolute Gasteiger partial charge is 0.304 e. The van der Waals surface area contributed by atoms with Crippen LogP contribution in [-0.2, 0) is 6.54 Å². The van der Waals surface area contributed by atoms with Crippen LogP contribution in [0.1, 0.15) is 34.1 Å². The fourth-order valence-corrected chi connectivity index (χ4v) is 3.27. The van der Waals surface area contributed by atoms with Crippen molar-refractivity contribution in [1.82, 2.24) is 10.3 Å². The maximum absolute atomic E-state index is 6.20. The molecule has 19 heavy (non-hydrogen) atoms. The minimum Gasteiger partial charge on any atom is -0.304 e. The van der Waals surface area contributed by atoms with Crippen molar-refractivity contribution in [1.29, 1.82) is 0 Å². The Morgan fingerprint density at radius 2 is 2.05 bits per heavy atom. The van der Waals surface area contributed by atoms with Crippen molar-refractivity contribution in [3.8, 4) is 0 Å². The Balaban J connectivity index is 2.03. The lowest BCUT2D eigenvalue weighted by atomic mass is 10.1. The molecule has 0 fully saturated rings. The van der Waals surface area contributed by atoms with Crippen molar-refractivity contribution in [2.75, 3.05) is 0 Å². The maximum Gasteiger partial charge on any atom is 0.107 e. The molecule has 0 aliphatic rings. The van der Waals surface area contributed by atoms with E-state index in [4.69, 9.17) is 23.2 Å². The Kier molecular flexibility index (Phi) is 4.85. The molecule has 5 heteroatoms. The molecular formula is C14H16Cl2N2S. The summed E-state index contributed by atoms with van der Waals surface area (Å²) in [5.74, 6) is 0. The summed E-state index contributed by atoms with van der Waals surface area (Å²) in [6, 6.07) is 5.75. The molecule has 0 spiro atoms. The van der Waals surface area contributed by atoms with Crippen LogP contribution < -0.4 is 5.32 Å². The summed E-state index contributed by atoms with van der Waals surface area (Å²) in [6.45, 7) is 6.97. The van der Waals surface area contributed by atoms with Crippen molar-refractivity contribution >= 4 is 34.5 Å². The highest BCUT2D eigenvalue weighted by Crippen LogP contribution is 2.26. The molecule has 102 valence electrons. The predicted molar refractivity (Wildman–Crippen MR) is 83.3 cm³/mol. The molecule has 0 amide bonds. The van der Waals surface area contributed by atoms with Gasteiger partial charge in [-0.2, -0.15) is 0 Å². The summed E-state index contributed by atoms with van der Waals surface area (Å²) >= 11 is 13.8. The van der Waals surface area contributed by atoms with Crippen molar-refractivity contribution in [3.63, 3.8) is 0 Å². The summed E-state index contributed by atoms with van der Waals surface area (Å²) in [7, 11) is 0. The number of benzene rings is 1. The van der Waals surface area contributed by atoms with Crippen LogP contribution in [0.15, 0.2) is 18.2 Å². The Morgan fingerprint density at radius 1 is 1.32 bits per heavy atom. The minimum absolute atomic E-state index is 0.161. The van der Waals surface area contributed by atoms with E-state index in [9.17, 15) is 0 Å². The first-order valence-electron chi connectivity index (χ1n) is 6.08. The van der Waals surface area contributed by atoms with Crippen molar-refractivity contribution < 1.29 is 0 Å². The molecule has 0 saturated carbocycles. The Bertz CT molecular complexity index is 561. The number of halogens is 2. The second kappa shape index (κ2) is 6.23. The zero-order chi connectivity index (χ0) is 14.0. The van der Waals surface area contributed by atoms with Crippen LogP contribution in [0.5, 0.6) is 0 Å². The molecule has 0 saturated heterocycles. The monoisotopic (exact) mass is 314 g/mol. The molecule has 0 aliphatic carbocycles. The van der Waals surface area contributed by atoms with Gasteiger partial charge in [-0.1, -0.05) is 29.3 Å². The summed E-state index contributed by atoms with van der Waals surface area (Å²) < 4.78 is 0. The molecule has 2 rings (SSSR count). The van der Waals surface area contributed by atoms with E-state index in [2.05, 4.69) is 24.1 Å². The molecule has 2 nitrogen and oxygen atoms in total. The first-order chi connectivity index (χ1) is 8.97. The van der Waals surface area contributed by atoms with E-state index in [0.717, 1.165) is 22.8 Å². The van der Waals surface area contributed by atoms with E-state index in [0.29, 0.717) is 10.0 Å². The number of hydrogen-bond acceptors (Lipinski definition) is 3. The fourth-order valence-electron chi connectivity index (χ4n) is 1.82. The van der Waals surface area contributed by atoms with Crippen molar-refractivity contribution in [3.05, 3.63) is 49.4 Å². The van der Waals surface area contributed by atoms with Gasteiger partial charge in [0.05, 0.1) is 5.69 Å². The molecule has 0 bridgehead atoms. The number of nitrogens with zero attached hydrogens (tertiary/aromatic N) is 1. The van der Waals surface area contributed by atoms with Gasteiger partial charge < -0.3 is 5.32 Å². The van der Waals surface area contributed by atoms with E-state index >= 15 is 0 Å². The molecule has 1 aromatic heterocycles. The summed E-state index contributed by atoms with van der Waals surface area (Å²) in [4.78, 5) is 5.79. The smallest absolute Gasteiger partial charge is 0.107 e. The van der Waals surface area contributed by atoms with Gasteiger partial charge in [0.2, 0.25) is 0 Å². The van der Waals surface area contributed by atoms with Crippen LogP contribution in [0.25, 0.3) is 0 Å². The van der Waals surface area contributed by atoms with Gasteiger partial charge in [0.15, 0.2) is 0 Å². The number of thiazole rings is 1. The van der Waals surface area contributed by atoms with Gasteiger partial charge >= 0.3 is 0 Å². The number of hydrogen-bond donors (Lipinski definition) is 1. The summed E-state index contributed by atoms with van der Waals surface area (Å²) in [5.41, 5.74) is 2.16. The van der Waals surface area contributed by atoms with Crippen LogP contribution in [0.2, 0.25) is 10.0 Å². The third-order valence-corrected chi connectivity index (χ3v) is 4.70. The Hall–Kier alpha value is -0.610. The van der Waals surface area contributed by atoms with E-state index in [1.807, 2.05) is 19.1 Å². The quantitative estimate of drug-likeness (QED) is 0.866. The van der Waals surface area contributed by atoms with Gasteiger partial charge in [-0.15, -0.1) is 11.3 Å². The molecular weight excluding hydrogens is 299 g/mol. The van der Waals surface area contributed by atoms with Crippen LogP contribution in [-0.4, -0.2) is 4.98 Å². The normalized spacial score (nSPS) is 12.7. The number of aryl methyl sites for hydroxylation is 2. The Labute approximate surface area is 127 Å². The molecule has 0 radical (unpaired) electrons. The number of nitrogens with one attached hydrogen (secondary N) is 1. The number of rotatable bonds is 4. The van der Waals surface area contributed by atoms with Crippen LogP contribution in [0, 0.1) is 13.8 Å². The topological polar surface area (TPSA) is 24.9 Å². The Morgan fingerprint density at radius 3 is 2.63 bits per heavy atom. The fraction of sp³-hybridized carbons (Fsp3) is 0.357. The van der Waals surface area contributed by atoms with E-state index in [-0.39, 0.29) is 6.04 Å². The zero-order valence-corrected chi connectivity index (χ0v) is 13.5. The molecule has 0 aliphatic heterocycles. The van der Waals surface area contributed by atoms with Gasteiger partial charge in [-0.05, 0) is 38.5 Å². The van der Waals surface area contributed by atoms with Gasteiger partial charge in [-0.3, -0.25) is 0 Å². The van der Waals surface area contributed by atoms with Crippen LogP contribution in [0.3, 0.4) is 0 Å². The standard InChI is InChI=1S/C14H16Cl2N2S/c1-8-10(3)19-14(18-8)7-17-9(2)12-5-4-11(15)6-13(12)16/h4-6,9,17H,7H2,1-3H3. The lowest BCUT2D eigenvalue weighted by Gasteiger charge is -2.15. The lowest BCUT2D eigenvalue weighted by Crippen LogP contribution is -2.18. The predicted octanol–water partition coefficient (Wildman–Crippen LogP) is 4.92. The number of aromatic nitrogens is 1. The molecule has 2 aromatic rings. The molecule has 1 aromatic carbocycles. The van der Waals surface area contributed by atoms with E-state index < -0.39 is 0 Å². The first-order valence-corrected chi connectivity index (χ1v) is 7.66. The molecule has 1 atom stereocenters. The zero-order valence-electron chi connectivity index (χ0n) is 11.1. The third kappa shape index (κ3) is 3.69. The summed E-state index contributed by atoms with van der Waals surface area (Å²) in [5, 5.41) is 5.89. The lowest BCUT2D eigenvalue weighted by molar-refractivity contribution is 0.573. The van der Waals surface area contributed by atoms with Crippen molar-refractivity contribution in [2.45, 2.75) is 33.4 Å². The molecule has 1 unspecified atom stereocenters. The van der Waals surface area contributed by atoms with Crippen LogP contribution >= 0.6 is 34.5 Å². The highest BCUT2D eigenvalue weighted by atomic mass is 35.5. The minimum atomic E-state index is 0.161. The van der Waals surface area contributed by atoms with Gasteiger partial charge in [0.1, 0.15) is 5.01 Å². The highest BCUT2D eigenvalue weighted by Gasteiger charge is 2.11. The first kappa shape index (κ1) is 14.8. The second-order valence-electron chi connectivity index (χ2n) is 4.52. The van der Waals surface area contributed by atoms with E-state index in [1.165, 1.54) is 4.88 Å². The van der Waals surface area contributed by atoms with Crippen molar-refractivity contribution in [2.24, 2.45) is 0 Å². The third-order valence-electron chi connectivity index (χ3n) is 3.06. The summed E-state index contributed by atoms with van der Waals surface area (Å²) in [6.07, 6.45) is 0. The average Bonchev–Trinajstić information content (AvgIpc) is 2.66. The molecule has 1 heterocycles. The molecule has 1 N–H and O–H groups in total. The van der Waals surface area contributed by atoms with E-state index in [1.54, 1.807) is 17.4 Å².